The van der Waals surface area contributed by atoms with Crippen molar-refractivity contribution in [2.24, 2.45) is 3.96 Å². The van der Waals surface area contributed by atoms with Crippen LogP contribution in [0.5, 0.6) is 0 Å². The molecule has 44 valence electrons. The van der Waals surface area contributed by atoms with Gasteiger partial charge in [-0.05, 0) is 0 Å². The molecule has 0 radical (unpaired) electrons. The average molecular weight is 181 g/mol. The molecule has 8 heavy (non-hydrogen) atoms. The molecule has 0 aliphatic carbocycles. The van der Waals surface area contributed by atoms with Crippen molar-refractivity contribution >= 4 is 27.9 Å². The summed E-state index contributed by atoms with van der Waals surface area (Å²) in [7, 11) is 0. The fraction of sp³-hybridized carbons (Fsp3) is 0. The van der Waals surface area contributed by atoms with Gasteiger partial charge >= 0.3 is 51.9 Å². The summed E-state index contributed by atoms with van der Waals surface area (Å²) in [5, 5.41) is 9.28. The molecule has 0 unspecified atom stereocenters. The first-order valence-electron chi connectivity index (χ1n) is 1.54. The van der Waals surface area contributed by atoms with Crippen LogP contribution in [0.15, 0.2) is 3.96 Å². The Morgan fingerprint density at radius 1 is 1.62 bits per heavy atom. The number of carbonyl (C=O) groups excluding carboxylic acids is 1. The molecule has 0 saturated heterocycles. The summed E-state index contributed by atoms with van der Waals surface area (Å²) in [5.74, 6) is 0. The van der Waals surface area contributed by atoms with Gasteiger partial charge < -0.3 is 0 Å². The number of urea groups is 1. The predicted octanol–water partition coefficient (Wildman–Crippen LogP) is -0.274. The molecule has 0 aliphatic rings. The van der Waals surface area contributed by atoms with Crippen molar-refractivity contribution in [1.82, 2.24) is 5.32 Å². The van der Waals surface area contributed by atoms with Crippen LogP contribution in [0.4, 0.5) is 9.59 Å². The summed E-state index contributed by atoms with van der Waals surface area (Å²) >= 11 is 2.00. The van der Waals surface area contributed by atoms with Gasteiger partial charge in [-0.1, -0.05) is 0 Å². The number of imide groups is 1. The molecular formula is C2H2N2O3Se. The summed E-state index contributed by atoms with van der Waals surface area (Å²) in [6.45, 7) is 0. The quantitative estimate of drug-likeness (QED) is 0.504. The van der Waals surface area contributed by atoms with Crippen molar-refractivity contribution in [2.75, 3.05) is 0 Å². The second-order valence-corrected chi connectivity index (χ2v) is 1.21. The number of hydrogen-bond acceptors (Lipinski definition) is 2. The van der Waals surface area contributed by atoms with Crippen molar-refractivity contribution in [3.05, 3.63) is 0 Å². The molecule has 0 fully saturated rings. The van der Waals surface area contributed by atoms with E-state index in [9.17, 15) is 9.59 Å². The average Bonchev–Trinajstić information content (AvgIpc) is 1.65. The fourth-order valence-corrected chi connectivity index (χ4v) is 0.210. The minimum absolute atomic E-state index is 0.905. The van der Waals surface area contributed by atoms with E-state index in [1.165, 1.54) is 5.32 Å². The number of hydrogen-bond donors (Lipinski definition) is 2. The molecule has 0 atom stereocenters. The summed E-state index contributed by atoms with van der Waals surface area (Å²) in [6, 6.07) is -0.905. The first-order chi connectivity index (χ1) is 3.66. The number of nitrogens with one attached hydrogen (secondary N) is 1. The molecule has 0 aromatic heterocycles. The van der Waals surface area contributed by atoms with Crippen LogP contribution in [0, 0.1) is 0 Å². The van der Waals surface area contributed by atoms with Crippen LogP contribution in [-0.2, 0) is 0 Å². The Bertz CT molecular complexity index is 133. The number of nitrogens with zero attached hydrogens (tertiary/aromatic N) is 1. The number of rotatable bonds is 0. The Kier molecular flexibility index (Phi) is 2.98. The van der Waals surface area contributed by atoms with Gasteiger partial charge in [0.05, 0.1) is 0 Å². The number of carboxylic acid groups (broad SMARTS) is 1. The van der Waals surface area contributed by atoms with E-state index in [2.05, 4.69) is 3.96 Å². The van der Waals surface area contributed by atoms with Gasteiger partial charge in [0.2, 0.25) is 0 Å². The van der Waals surface area contributed by atoms with Crippen molar-refractivity contribution in [2.45, 2.75) is 0 Å². The van der Waals surface area contributed by atoms with Crippen LogP contribution in [0.1, 0.15) is 0 Å². The summed E-state index contributed by atoms with van der Waals surface area (Å²) in [5.41, 5.74) is 0. The third-order valence-corrected chi connectivity index (χ3v) is 0.645. The van der Waals surface area contributed by atoms with Crippen LogP contribution < -0.4 is 5.32 Å². The third kappa shape index (κ3) is 3.45. The first kappa shape index (κ1) is 7.26. The van der Waals surface area contributed by atoms with E-state index in [0.29, 0.717) is 0 Å². The zero-order chi connectivity index (χ0) is 6.57. The zero-order valence-electron chi connectivity index (χ0n) is 3.62. The van der Waals surface area contributed by atoms with Gasteiger partial charge in [0.1, 0.15) is 0 Å². The molecule has 2 N–H and O–H groups in total. The molecule has 0 spiro atoms. The van der Waals surface area contributed by atoms with Gasteiger partial charge in [-0.2, -0.15) is 0 Å². The van der Waals surface area contributed by atoms with E-state index in [1.807, 2.05) is 15.8 Å². The molecule has 0 rings (SSSR count). The SMILES string of the molecule is O=C(O)NC(=O)N=[Se]. The molecule has 0 aliphatic heterocycles. The van der Waals surface area contributed by atoms with Crippen LogP contribution in [0.25, 0.3) is 0 Å². The van der Waals surface area contributed by atoms with Crippen molar-refractivity contribution in [1.29, 1.82) is 0 Å². The van der Waals surface area contributed by atoms with Gasteiger partial charge in [-0.25, -0.2) is 0 Å². The summed E-state index contributed by atoms with van der Waals surface area (Å²) in [4.78, 5) is 19.5. The summed E-state index contributed by atoms with van der Waals surface area (Å²) in [6.07, 6.45) is -1.41. The molecule has 0 bridgehead atoms. The Balaban J connectivity index is 3.55. The number of amides is 3. The van der Waals surface area contributed by atoms with Crippen LogP contribution in [0.3, 0.4) is 0 Å². The Morgan fingerprint density at radius 3 is 2.25 bits per heavy atom. The third-order valence-electron chi connectivity index (χ3n) is 0.297. The molecule has 5 nitrogen and oxygen atoms in total. The van der Waals surface area contributed by atoms with Gasteiger partial charge in [-0.15, -0.1) is 0 Å². The van der Waals surface area contributed by atoms with E-state index in [4.69, 9.17) is 5.11 Å². The molecule has 6 heteroatoms. The molecule has 3 amide bonds. The molecule has 0 saturated carbocycles. The maximum absolute atomic E-state index is 9.93. The first-order valence-corrected chi connectivity index (χ1v) is 2.30. The standard InChI is InChI=1S/C2H2N2O3Se/c5-1(4-8)3-2(6)7/h(H,3,5)(H,6,7). The van der Waals surface area contributed by atoms with E-state index < -0.39 is 12.1 Å². The van der Waals surface area contributed by atoms with Crippen LogP contribution in [0.2, 0.25) is 0 Å². The van der Waals surface area contributed by atoms with Crippen LogP contribution in [-0.4, -0.2) is 33.0 Å². The van der Waals surface area contributed by atoms with Gasteiger partial charge in [-0.3, -0.25) is 0 Å². The Morgan fingerprint density at radius 2 is 2.12 bits per heavy atom. The van der Waals surface area contributed by atoms with Crippen molar-refractivity contribution in [3.63, 3.8) is 0 Å². The second kappa shape index (κ2) is 3.29. The van der Waals surface area contributed by atoms with E-state index in [-0.39, 0.29) is 0 Å². The van der Waals surface area contributed by atoms with Crippen LogP contribution >= 0.6 is 0 Å². The predicted molar refractivity (Wildman–Crippen MR) is 24.7 cm³/mol. The van der Waals surface area contributed by atoms with Crippen molar-refractivity contribution in [3.8, 4) is 0 Å². The molecule has 0 aromatic rings. The van der Waals surface area contributed by atoms with Gasteiger partial charge in [0.25, 0.3) is 0 Å². The van der Waals surface area contributed by atoms with E-state index in [1.54, 1.807) is 0 Å². The zero-order valence-corrected chi connectivity index (χ0v) is 5.33. The topological polar surface area (TPSA) is 78.8 Å². The molecular weight excluding hydrogens is 179 g/mol. The fourth-order valence-electron chi connectivity index (χ4n) is 0.114. The normalized spacial score (nSPS) is 7.50. The van der Waals surface area contributed by atoms with Gasteiger partial charge in [0, 0.05) is 0 Å². The van der Waals surface area contributed by atoms with E-state index >= 15 is 0 Å². The van der Waals surface area contributed by atoms with Gasteiger partial charge in [0.15, 0.2) is 0 Å². The maximum atomic E-state index is 9.93. The Hall–Kier alpha value is -0.741. The van der Waals surface area contributed by atoms with E-state index in [0.717, 1.165) is 0 Å². The minimum atomic E-state index is -1.41. The Labute approximate surface area is 52.7 Å². The summed E-state index contributed by atoms with van der Waals surface area (Å²) < 4.78 is 2.87. The van der Waals surface area contributed by atoms with Crippen molar-refractivity contribution < 1.29 is 14.7 Å². The molecule has 0 aromatic carbocycles. The molecule has 0 heterocycles. The second-order valence-electron chi connectivity index (χ2n) is 0.827. The number of carbonyl (C=O) groups is 2. The monoisotopic (exact) mass is 182 g/mol.